The summed E-state index contributed by atoms with van der Waals surface area (Å²) in [4.78, 5) is 23.1. The van der Waals surface area contributed by atoms with Crippen molar-refractivity contribution in [3.8, 4) is 0 Å². The predicted octanol–water partition coefficient (Wildman–Crippen LogP) is 2.43. The highest BCUT2D eigenvalue weighted by Crippen LogP contribution is 2.44. The number of furan rings is 1. The smallest absolute Gasteiger partial charge is 0.289 e. The van der Waals surface area contributed by atoms with Gasteiger partial charge in [0, 0.05) is 24.7 Å². The molecule has 1 amide bonds. The van der Waals surface area contributed by atoms with Crippen LogP contribution < -0.4 is 5.73 Å². The molecule has 4 rings (SSSR count). The molecule has 120 valence electrons. The van der Waals surface area contributed by atoms with Gasteiger partial charge in [-0.05, 0) is 55.0 Å². The molecule has 1 aliphatic carbocycles. The van der Waals surface area contributed by atoms with E-state index in [9.17, 15) is 4.79 Å². The zero-order valence-corrected chi connectivity index (χ0v) is 13.3. The maximum Gasteiger partial charge on any atom is 0.289 e. The second-order valence-electron chi connectivity index (χ2n) is 6.32. The molecule has 1 aliphatic heterocycles. The molecule has 0 saturated carbocycles. The van der Waals surface area contributed by atoms with Crippen molar-refractivity contribution in [3.63, 3.8) is 0 Å². The molecule has 1 saturated heterocycles. The number of rotatable bonds is 1. The van der Waals surface area contributed by atoms with Crippen LogP contribution in [0.2, 0.25) is 5.22 Å². The number of carbonyl (C=O) groups is 1. The molecule has 2 aliphatic rings. The van der Waals surface area contributed by atoms with Crippen molar-refractivity contribution in [1.82, 2.24) is 14.9 Å². The average molecular weight is 333 g/mol. The van der Waals surface area contributed by atoms with Crippen LogP contribution in [0.1, 0.15) is 41.1 Å². The zero-order chi connectivity index (χ0) is 16.0. The molecule has 3 heterocycles. The van der Waals surface area contributed by atoms with Crippen LogP contribution in [0, 0.1) is 0 Å². The topological polar surface area (TPSA) is 85.2 Å². The Morgan fingerprint density at radius 1 is 1.39 bits per heavy atom. The Hall–Kier alpha value is -2.08. The first kappa shape index (κ1) is 14.5. The van der Waals surface area contributed by atoms with E-state index in [-0.39, 0.29) is 22.3 Å². The second kappa shape index (κ2) is 5.23. The molecule has 2 aromatic rings. The molecule has 1 spiro atoms. The number of likely N-dealkylation sites (tertiary alicyclic amines) is 1. The number of hydrogen-bond acceptors (Lipinski definition) is 5. The van der Waals surface area contributed by atoms with E-state index < -0.39 is 0 Å². The normalized spacial score (nSPS) is 23.3. The molecule has 2 N–H and O–H groups in total. The lowest BCUT2D eigenvalue weighted by Crippen LogP contribution is -2.47. The van der Waals surface area contributed by atoms with Crippen molar-refractivity contribution in [2.75, 3.05) is 18.8 Å². The predicted molar refractivity (Wildman–Crippen MR) is 85.3 cm³/mol. The Bertz CT molecular complexity index is 771. The number of nitrogen functional groups attached to an aromatic ring is 1. The molecular weight excluding hydrogens is 316 g/mol. The molecule has 7 heteroatoms. The van der Waals surface area contributed by atoms with Crippen molar-refractivity contribution in [3.05, 3.63) is 40.6 Å². The summed E-state index contributed by atoms with van der Waals surface area (Å²) in [5.74, 6) is 0.463. The van der Waals surface area contributed by atoms with E-state index in [4.69, 9.17) is 21.8 Å². The van der Waals surface area contributed by atoms with E-state index in [2.05, 4.69) is 9.97 Å². The molecule has 1 unspecified atom stereocenters. The third-order valence-corrected chi connectivity index (χ3v) is 5.11. The number of fused-ring (bicyclic) bond motifs is 2. The van der Waals surface area contributed by atoms with E-state index in [1.54, 1.807) is 12.1 Å². The lowest BCUT2D eigenvalue weighted by Gasteiger charge is -2.40. The fourth-order valence-corrected chi connectivity index (χ4v) is 3.99. The van der Waals surface area contributed by atoms with Crippen molar-refractivity contribution in [2.45, 2.75) is 31.1 Å². The maximum atomic E-state index is 12.6. The summed E-state index contributed by atoms with van der Waals surface area (Å²) in [6.07, 6.45) is 5.68. The van der Waals surface area contributed by atoms with Crippen LogP contribution in [-0.4, -0.2) is 33.9 Å². The largest absolute Gasteiger partial charge is 0.440 e. The summed E-state index contributed by atoms with van der Waals surface area (Å²) in [5.41, 5.74) is 7.82. The van der Waals surface area contributed by atoms with E-state index in [1.165, 1.54) is 0 Å². The van der Waals surface area contributed by atoms with Crippen molar-refractivity contribution in [1.29, 1.82) is 0 Å². The summed E-state index contributed by atoms with van der Waals surface area (Å²) in [5, 5.41) is 0.229. The van der Waals surface area contributed by atoms with Gasteiger partial charge in [-0.1, -0.05) is 0 Å². The van der Waals surface area contributed by atoms with Crippen LogP contribution in [0.5, 0.6) is 0 Å². The molecule has 2 aromatic heterocycles. The number of aryl methyl sites for hydroxylation is 1. The van der Waals surface area contributed by atoms with Gasteiger partial charge >= 0.3 is 0 Å². The SMILES string of the molecule is Nc1ncc2c(n1)C1(CCCN(C(=O)c3ccc(Cl)o3)C1)CC2. The number of piperidine rings is 1. The summed E-state index contributed by atoms with van der Waals surface area (Å²) in [6, 6.07) is 3.21. The number of halogens is 1. The molecule has 1 atom stereocenters. The Labute approximate surface area is 138 Å². The number of amides is 1. The molecule has 6 nitrogen and oxygen atoms in total. The third-order valence-electron chi connectivity index (χ3n) is 4.91. The van der Waals surface area contributed by atoms with Gasteiger partial charge in [-0.15, -0.1) is 0 Å². The van der Waals surface area contributed by atoms with Gasteiger partial charge in [0.2, 0.25) is 5.95 Å². The minimum Gasteiger partial charge on any atom is -0.440 e. The number of hydrogen-bond donors (Lipinski definition) is 1. The molecular formula is C16H17ClN4O2. The van der Waals surface area contributed by atoms with Gasteiger partial charge in [-0.3, -0.25) is 4.79 Å². The van der Waals surface area contributed by atoms with Gasteiger partial charge < -0.3 is 15.1 Å². The summed E-state index contributed by atoms with van der Waals surface area (Å²) >= 11 is 5.78. The van der Waals surface area contributed by atoms with Gasteiger partial charge in [-0.2, -0.15) is 0 Å². The Morgan fingerprint density at radius 3 is 3.04 bits per heavy atom. The monoisotopic (exact) mass is 332 g/mol. The Morgan fingerprint density at radius 2 is 2.26 bits per heavy atom. The van der Waals surface area contributed by atoms with Gasteiger partial charge in [0.15, 0.2) is 11.0 Å². The van der Waals surface area contributed by atoms with Gasteiger partial charge in [0.05, 0.1) is 5.69 Å². The highest BCUT2D eigenvalue weighted by Gasteiger charge is 2.45. The minimum absolute atomic E-state index is 0.114. The second-order valence-corrected chi connectivity index (χ2v) is 6.69. The van der Waals surface area contributed by atoms with Crippen molar-refractivity contribution < 1.29 is 9.21 Å². The lowest BCUT2D eigenvalue weighted by molar-refractivity contribution is 0.0602. The van der Waals surface area contributed by atoms with Crippen molar-refractivity contribution >= 4 is 23.5 Å². The van der Waals surface area contributed by atoms with Crippen LogP contribution in [0.25, 0.3) is 0 Å². The van der Waals surface area contributed by atoms with Crippen molar-refractivity contribution in [2.24, 2.45) is 0 Å². The summed E-state index contributed by atoms with van der Waals surface area (Å²) in [7, 11) is 0. The number of carbonyl (C=O) groups excluding carboxylic acids is 1. The first-order valence-corrected chi connectivity index (χ1v) is 8.12. The van der Waals surface area contributed by atoms with E-state index in [1.807, 2.05) is 11.1 Å². The third kappa shape index (κ3) is 2.37. The summed E-state index contributed by atoms with van der Waals surface area (Å²) in [6.45, 7) is 1.35. The maximum absolute atomic E-state index is 12.6. The molecule has 0 bridgehead atoms. The number of nitrogens with two attached hydrogens (primary N) is 1. The quantitative estimate of drug-likeness (QED) is 0.866. The standard InChI is InChI=1S/C16H17ClN4O2/c17-12-3-2-11(23-12)14(22)21-7-1-5-16(9-21)6-4-10-8-19-15(18)20-13(10)16/h2-3,8H,1,4-7,9H2,(H2,18,19,20). The molecule has 23 heavy (non-hydrogen) atoms. The fourth-order valence-electron chi connectivity index (χ4n) is 3.84. The number of aromatic nitrogens is 2. The first-order chi connectivity index (χ1) is 11.1. The molecule has 0 radical (unpaired) electrons. The lowest BCUT2D eigenvalue weighted by atomic mass is 9.77. The molecule has 1 fully saturated rings. The zero-order valence-electron chi connectivity index (χ0n) is 12.6. The van der Waals surface area contributed by atoms with Gasteiger partial charge in [-0.25, -0.2) is 9.97 Å². The highest BCUT2D eigenvalue weighted by molar-refractivity contribution is 6.29. The Balaban J connectivity index is 1.64. The molecule has 0 aromatic carbocycles. The van der Waals surface area contributed by atoms with Crippen LogP contribution in [0.15, 0.2) is 22.7 Å². The number of nitrogens with zero attached hydrogens (tertiary/aromatic N) is 3. The van der Waals surface area contributed by atoms with Gasteiger partial charge in [0.25, 0.3) is 5.91 Å². The minimum atomic E-state index is -0.119. The number of anilines is 1. The van der Waals surface area contributed by atoms with Gasteiger partial charge in [0.1, 0.15) is 0 Å². The van der Waals surface area contributed by atoms with Crippen LogP contribution >= 0.6 is 11.6 Å². The van der Waals surface area contributed by atoms with Crippen LogP contribution in [0.4, 0.5) is 5.95 Å². The first-order valence-electron chi connectivity index (χ1n) is 7.74. The van der Waals surface area contributed by atoms with E-state index in [0.717, 1.165) is 43.5 Å². The fraction of sp³-hybridized carbons (Fsp3) is 0.438. The average Bonchev–Trinajstić information content (AvgIpc) is 3.12. The van der Waals surface area contributed by atoms with Crippen LogP contribution in [-0.2, 0) is 11.8 Å². The highest BCUT2D eigenvalue weighted by atomic mass is 35.5. The van der Waals surface area contributed by atoms with Crippen LogP contribution in [0.3, 0.4) is 0 Å². The Kier molecular flexibility index (Phi) is 3.30. The van der Waals surface area contributed by atoms with E-state index >= 15 is 0 Å². The summed E-state index contributed by atoms with van der Waals surface area (Å²) < 4.78 is 5.27. The van der Waals surface area contributed by atoms with E-state index in [0.29, 0.717) is 12.5 Å².